The van der Waals surface area contributed by atoms with Crippen molar-refractivity contribution in [2.24, 2.45) is 0 Å². The van der Waals surface area contributed by atoms with Crippen molar-refractivity contribution in [1.82, 2.24) is 4.57 Å². The van der Waals surface area contributed by atoms with Crippen molar-refractivity contribution in [2.75, 3.05) is 0 Å². The van der Waals surface area contributed by atoms with Crippen LogP contribution < -0.4 is 14.3 Å². The van der Waals surface area contributed by atoms with Crippen molar-refractivity contribution < 1.29 is 8.42 Å². The van der Waals surface area contributed by atoms with Gasteiger partial charge in [-0.1, -0.05) is 0 Å². The van der Waals surface area contributed by atoms with Crippen LogP contribution in [0.25, 0.3) is 27.5 Å². The van der Waals surface area contributed by atoms with Gasteiger partial charge in [-0.25, -0.2) is 0 Å². The number of para-hydroxylation sites is 2. The van der Waals surface area contributed by atoms with Crippen molar-refractivity contribution in [2.45, 2.75) is 9.79 Å². The van der Waals surface area contributed by atoms with Gasteiger partial charge in [-0.15, -0.1) is 0 Å². The standard InChI is InChI=1S/C24H15NO2S.2C6H5.Sn/c26-28(27,19-10-2-1-3-11-19)20-12-8-9-18(17-20)25-23-15-6-4-13-21(23)22-14-5-7-16-24(22)25;2*1-2-4-6-5-3-1;/h1-10,13-17H;2*1-5H;. The van der Waals surface area contributed by atoms with Gasteiger partial charge in [-0.2, -0.15) is 0 Å². The van der Waals surface area contributed by atoms with Crippen LogP contribution in [0.15, 0.2) is 161 Å². The van der Waals surface area contributed by atoms with Gasteiger partial charge in [0.2, 0.25) is 0 Å². The zero-order valence-corrected chi connectivity index (χ0v) is 25.8. The molecule has 41 heavy (non-hydrogen) atoms. The summed E-state index contributed by atoms with van der Waals surface area (Å²) in [5.74, 6) is 0. The Morgan fingerprint density at radius 1 is 0.463 bits per heavy atom. The van der Waals surface area contributed by atoms with Crippen LogP contribution >= 0.6 is 0 Å². The van der Waals surface area contributed by atoms with E-state index < -0.39 is 28.2 Å². The molecule has 0 N–H and O–H groups in total. The second-order valence-corrected chi connectivity index (χ2v) is 23.1. The fourth-order valence-corrected chi connectivity index (χ4v) is 26.4. The summed E-state index contributed by atoms with van der Waals surface area (Å²) in [5.41, 5.74) is 2.97. The van der Waals surface area contributed by atoms with Gasteiger partial charge < -0.3 is 0 Å². The molecule has 5 heteroatoms. The minimum atomic E-state index is -4.08. The van der Waals surface area contributed by atoms with Crippen molar-refractivity contribution in [3.05, 3.63) is 152 Å². The fourth-order valence-electron chi connectivity index (χ4n) is 6.82. The van der Waals surface area contributed by atoms with E-state index in [0.29, 0.717) is 9.79 Å². The molecular weight excluding hydrogens is 629 g/mol. The van der Waals surface area contributed by atoms with E-state index in [1.54, 1.807) is 6.07 Å². The maximum atomic E-state index is 14.5. The average molecular weight is 654 g/mol. The molecule has 196 valence electrons. The van der Waals surface area contributed by atoms with Crippen LogP contribution in [0.2, 0.25) is 0 Å². The van der Waals surface area contributed by atoms with E-state index in [4.69, 9.17) is 0 Å². The molecule has 1 aliphatic heterocycles. The predicted molar refractivity (Wildman–Crippen MR) is 170 cm³/mol. The summed E-state index contributed by atoms with van der Waals surface area (Å²) in [6.07, 6.45) is 0. The van der Waals surface area contributed by atoms with E-state index in [2.05, 4.69) is 108 Å². The Bertz CT molecular complexity index is 2130. The molecule has 0 saturated carbocycles. The van der Waals surface area contributed by atoms with Crippen LogP contribution in [-0.2, 0) is 9.84 Å². The number of hydrogen-bond acceptors (Lipinski definition) is 2. The third kappa shape index (κ3) is 3.41. The third-order valence-corrected chi connectivity index (χ3v) is 25.3. The quantitative estimate of drug-likeness (QED) is 0.243. The molecule has 6 aromatic carbocycles. The van der Waals surface area contributed by atoms with E-state index >= 15 is 0 Å². The summed E-state index contributed by atoms with van der Waals surface area (Å²) in [7, 11) is -3.77. The molecule has 0 radical (unpaired) electrons. The Morgan fingerprint density at radius 3 is 1.56 bits per heavy atom. The first kappa shape index (κ1) is 24.6. The van der Waals surface area contributed by atoms with Gasteiger partial charge in [0.05, 0.1) is 0 Å². The molecule has 0 saturated heterocycles. The molecular formula is C36H25NO2SSn. The minimum absolute atomic E-state index is 0.430. The SMILES string of the molecule is O=S1(=O)c2cccc[c]2[Sn]([c]2ccccc2)([c]2ccccc2)[c]2ccc(-n3c4ccccc4c4ccccc43)cc21. The van der Waals surface area contributed by atoms with Crippen LogP contribution in [-0.4, -0.2) is 31.4 Å². The molecule has 1 aromatic heterocycles. The zero-order valence-electron chi connectivity index (χ0n) is 22.1. The number of rotatable bonds is 3. The normalized spacial score (nSPS) is 14.9. The number of sulfone groups is 1. The van der Waals surface area contributed by atoms with Gasteiger partial charge in [0.15, 0.2) is 0 Å². The molecule has 2 heterocycles. The Balaban J connectivity index is 1.52. The summed E-state index contributed by atoms with van der Waals surface area (Å²) in [6.45, 7) is 0. The van der Waals surface area contributed by atoms with E-state index in [1.165, 1.54) is 7.16 Å². The Morgan fingerprint density at radius 2 is 0.951 bits per heavy atom. The molecule has 0 fully saturated rings. The van der Waals surface area contributed by atoms with E-state index in [0.717, 1.165) is 34.7 Å². The number of aromatic nitrogens is 1. The van der Waals surface area contributed by atoms with Crippen molar-refractivity contribution >= 4 is 64.3 Å². The second-order valence-electron chi connectivity index (χ2n) is 10.5. The number of fused-ring (bicyclic) bond motifs is 5. The number of benzene rings is 6. The maximum absolute atomic E-state index is 14.5. The van der Waals surface area contributed by atoms with Gasteiger partial charge >= 0.3 is 244 Å². The van der Waals surface area contributed by atoms with E-state index in [9.17, 15) is 8.42 Å². The molecule has 0 amide bonds. The van der Waals surface area contributed by atoms with Crippen LogP contribution in [0.1, 0.15) is 0 Å². The van der Waals surface area contributed by atoms with Crippen LogP contribution in [0.3, 0.4) is 0 Å². The molecule has 0 atom stereocenters. The Labute approximate surface area is 243 Å². The fraction of sp³-hybridized carbons (Fsp3) is 0. The zero-order chi connectivity index (χ0) is 27.6. The molecule has 0 unspecified atom stereocenters. The van der Waals surface area contributed by atoms with E-state index in [1.807, 2.05) is 42.5 Å². The number of hydrogen-bond donors (Lipinski definition) is 0. The molecule has 1 aliphatic rings. The Hall–Kier alpha value is -4.13. The van der Waals surface area contributed by atoms with Gasteiger partial charge in [0.25, 0.3) is 0 Å². The molecule has 0 spiro atoms. The van der Waals surface area contributed by atoms with Gasteiger partial charge in [-0.3, -0.25) is 0 Å². The first-order valence-corrected chi connectivity index (χ1v) is 20.9. The predicted octanol–water partition coefficient (Wildman–Crippen LogP) is 5.31. The second kappa shape index (κ2) is 9.19. The summed E-state index contributed by atoms with van der Waals surface area (Å²) in [6, 6.07) is 51.7. The number of nitrogens with zero attached hydrogens (tertiary/aromatic N) is 1. The Kier molecular flexibility index (Phi) is 5.53. The van der Waals surface area contributed by atoms with Crippen LogP contribution in [0.4, 0.5) is 0 Å². The first-order chi connectivity index (χ1) is 20.1. The van der Waals surface area contributed by atoms with Crippen molar-refractivity contribution in [3.63, 3.8) is 0 Å². The molecule has 3 nitrogen and oxygen atoms in total. The summed E-state index contributed by atoms with van der Waals surface area (Å²) in [5, 5.41) is 2.30. The van der Waals surface area contributed by atoms with Crippen LogP contribution in [0, 0.1) is 0 Å². The molecule has 7 aromatic rings. The monoisotopic (exact) mass is 655 g/mol. The van der Waals surface area contributed by atoms with E-state index in [-0.39, 0.29) is 0 Å². The summed E-state index contributed by atoms with van der Waals surface area (Å²) < 4.78 is 35.7. The van der Waals surface area contributed by atoms with Crippen LogP contribution in [0.5, 0.6) is 0 Å². The molecule has 0 aliphatic carbocycles. The van der Waals surface area contributed by atoms with Crippen molar-refractivity contribution in [3.8, 4) is 5.69 Å². The first-order valence-electron chi connectivity index (χ1n) is 13.7. The molecule has 8 rings (SSSR count). The third-order valence-electron chi connectivity index (χ3n) is 8.49. The van der Waals surface area contributed by atoms with Crippen molar-refractivity contribution in [1.29, 1.82) is 0 Å². The summed E-state index contributed by atoms with van der Waals surface area (Å²) in [4.78, 5) is 0.870. The van der Waals surface area contributed by atoms with Gasteiger partial charge in [-0.05, 0) is 0 Å². The van der Waals surface area contributed by atoms with Gasteiger partial charge in [0.1, 0.15) is 0 Å². The average Bonchev–Trinajstić information content (AvgIpc) is 3.37. The molecule has 0 bridgehead atoms. The van der Waals surface area contributed by atoms with Gasteiger partial charge in [0, 0.05) is 0 Å². The summed E-state index contributed by atoms with van der Waals surface area (Å²) >= 11 is -4.08. The topological polar surface area (TPSA) is 39.1 Å².